The minimum atomic E-state index is -0.0740. The molecular formula is C15H22ClIN4O. The topological polar surface area (TPSA) is 65.5 Å². The Kier molecular flexibility index (Phi) is 7.95. The largest absolute Gasteiger partial charge is 0.356 e. The monoisotopic (exact) mass is 436 g/mol. The summed E-state index contributed by atoms with van der Waals surface area (Å²) >= 11 is 6.09. The number of hydrogen-bond acceptors (Lipinski definition) is 2. The number of aryl methyl sites for hydroxylation is 1. The number of nitrogens with zero attached hydrogens (tertiary/aromatic N) is 1. The van der Waals surface area contributed by atoms with Crippen molar-refractivity contribution in [3.63, 3.8) is 0 Å². The molecule has 7 heteroatoms. The van der Waals surface area contributed by atoms with Crippen LogP contribution < -0.4 is 16.0 Å². The maximum Gasteiger partial charge on any atom is 0.226 e. The van der Waals surface area contributed by atoms with E-state index in [1.807, 2.05) is 25.1 Å². The molecule has 1 amide bonds. The number of benzene rings is 1. The molecule has 0 radical (unpaired) electrons. The molecule has 1 aromatic carbocycles. The number of carbonyl (C=O) groups is 1. The number of nitrogens with one attached hydrogen (secondary N) is 3. The average molecular weight is 437 g/mol. The number of anilines is 1. The molecule has 122 valence electrons. The summed E-state index contributed by atoms with van der Waals surface area (Å²) in [6.45, 7) is 2.49. The molecular weight excluding hydrogens is 415 g/mol. The highest BCUT2D eigenvalue weighted by Crippen LogP contribution is 2.22. The number of aliphatic imine (C=N–C) groups is 1. The molecule has 1 aliphatic carbocycles. The van der Waals surface area contributed by atoms with Gasteiger partial charge in [0.15, 0.2) is 5.96 Å². The minimum Gasteiger partial charge on any atom is -0.356 e. The molecule has 1 aromatic rings. The average Bonchev–Trinajstić information content (AvgIpc) is 3.25. The Labute approximate surface area is 153 Å². The molecule has 0 saturated heterocycles. The van der Waals surface area contributed by atoms with Crippen molar-refractivity contribution in [3.05, 3.63) is 28.8 Å². The zero-order chi connectivity index (χ0) is 15.2. The van der Waals surface area contributed by atoms with Gasteiger partial charge in [-0.05, 0) is 37.5 Å². The van der Waals surface area contributed by atoms with Crippen molar-refractivity contribution in [2.24, 2.45) is 4.99 Å². The SMILES string of the molecule is CN=C(NCCC(=O)Nc1ccc(C)cc1Cl)NC1CC1.I. The number of rotatable bonds is 5. The predicted molar refractivity (Wildman–Crippen MR) is 102 cm³/mol. The summed E-state index contributed by atoms with van der Waals surface area (Å²) in [7, 11) is 1.73. The molecule has 0 atom stereocenters. The Balaban J connectivity index is 0.00000242. The summed E-state index contributed by atoms with van der Waals surface area (Å²) in [5, 5.41) is 9.76. The molecule has 0 unspecified atom stereocenters. The van der Waals surface area contributed by atoms with Crippen LogP contribution in [0.3, 0.4) is 0 Å². The third-order valence-electron chi connectivity index (χ3n) is 3.18. The molecule has 0 aromatic heterocycles. The highest BCUT2D eigenvalue weighted by molar-refractivity contribution is 14.0. The van der Waals surface area contributed by atoms with Crippen LogP contribution in [0.1, 0.15) is 24.8 Å². The molecule has 1 saturated carbocycles. The fourth-order valence-corrected chi connectivity index (χ4v) is 2.13. The Hall–Kier alpha value is -1.02. The highest BCUT2D eigenvalue weighted by Gasteiger charge is 2.22. The molecule has 3 N–H and O–H groups in total. The molecule has 1 aliphatic rings. The minimum absolute atomic E-state index is 0. The van der Waals surface area contributed by atoms with Gasteiger partial charge in [0.2, 0.25) is 5.91 Å². The lowest BCUT2D eigenvalue weighted by Gasteiger charge is -2.11. The number of halogens is 2. The molecule has 5 nitrogen and oxygen atoms in total. The van der Waals surface area contributed by atoms with E-state index in [4.69, 9.17) is 11.6 Å². The van der Waals surface area contributed by atoms with Crippen LogP contribution in [-0.2, 0) is 4.79 Å². The quantitative estimate of drug-likeness (QED) is 0.378. The van der Waals surface area contributed by atoms with Crippen molar-refractivity contribution in [1.82, 2.24) is 10.6 Å². The van der Waals surface area contributed by atoms with E-state index in [0.29, 0.717) is 29.7 Å². The van der Waals surface area contributed by atoms with Crippen LogP contribution in [0.15, 0.2) is 23.2 Å². The zero-order valence-electron chi connectivity index (χ0n) is 12.8. The second kappa shape index (κ2) is 9.19. The van der Waals surface area contributed by atoms with Gasteiger partial charge in [-0.15, -0.1) is 24.0 Å². The lowest BCUT2D eigenvalue weighted by atomic mass is 10.2. The van der Waals surface area contributed by atoms with Crippen LogP contribution in [-0.4, -0.2) is 31.5 Å². The van der Waals surface area contributed by atoms with Gasteiger partial charge >= 0.3 is 0 Å². The van der Waals surface area contributed by atoms with Gasteiger partial charge in [0.1, 0.15) is 0 Å². The lowest BCUT2D eigenvalue weighted by Crippen LogP contribution is -2.39. The van der Waals surface area contributed by atoms with Gasteiger partial charge in [0.25, 0.3) is 0 Å². The summed E-state index contributed by atoms with van der Waals surface area (Å²) in [4.78, 5) is 16.0. The Morgan fingerprint density at radius 2 is 2.14 bits per heavy atom. The van der Waals surface area contributed by atoms with E-state index in [2.05, 4.69) is 20.9 Å². The van der Waals surface area contributed by atoms with Crippen LogP contribution in [0.25, 0.3) is 0 Å². The molecule has 0 heterocycles. The van der Waals surface area contributed by atoms with Crippen molar-refractivity contribution in [3.8, 4) is 0 Å². The molecule has 0 bridgehead atoms. The Bertz CT molecular complexity index is 546. The van der Waals surface area contributed by atoms with Crippen molar-refractivity contribution < 1.29 is 4.79 Å². The van der Waals surface area contributed by atoms with Crippen molar-refractivity contribution >= 4 is 53.1 Å². The van der Waals surface area contributed by atoms with Gasteiger partial charge in [-0.1, -0.05) is 17.7 Å². The first-order valence-corrected chi connectivity index (χ1v) is 7.49. The maximum atomic E-state index is 11.9. The van der Waals surface area contributed by atoms with Gasteiger partial charge in [0.05, 0.1) is 10.7 Å². The van der Waals surface area contributed by atoms with E-state index in [1.54, 1.807) is 7.05 Å². The van der Waals surface area contributed by atoms with Crippen molar-refractivity contribution in [2.75, 3.05) is 18.9 Å². The maximum absolute atomic E-state index is 11.9. The number of carbonyl (C=O) groups excluding carboxylic acids is 1. The predicted octanol–water partition coefficient (Wildman–Crippen LogP) is 2.92. The smallest absolute Gasteiger partial charge is 0.226 e. The Morgan fingerprint density at radius 1 is 1.41 bits per heavy atom. The normalized spacial score (nSPS) is 14.0. The Morgan fingerprint density at radius 3 is 2.73 bits per heavy atom. The second-order valence-electron chi connectivity index (χ2n) is 5.20. The molecule has 1 fully saturated rings. The van der Waals surface area contributed by atoms with E-state index >= 15 is 0 Å². The summed E-state index contributed by atoms with van der Waals surface area (Å²) in [6.07, 6.45) is 2.73. The second-order valence-corrected chi connectivity index (χ2v) is 5.61. The number of guanidine groups is 1. The highest BCUT2D eigenvalue weighted by atomic mass is 127. The summed E-state index contributed by atoms with van der Waals surface area (Å²) in [5.41, 5.74) is 1.71. The summed E-state index contributed by atoms with van der Waals surface area (Å²) in [5.74, 6) is 0.675. The standard InChI is InChI=1S/C15H21ClN4O.HI/c1-10-3-6-13(12(16)9-10)20-14(21)7-8-18-15(17-2)19-11-4-5-11;/h3,6,9,11H,4-5,7-8H2,1-2H3,(H,20,21)(H2,17,18,19);1H. The van der Waals surface area contributed by atoms with Gasteiger partial charge in [-0.3, -0.25) is 9.79 Å². The van der Waals surface area contributed by atoms with E-state index in [-0.39, 0.29) is 29.9 Å². The fraction of sp³-hybridized carbons (Fsp3) is 0.467. The van der Waals surface area contributed by atoms with Crippen molar-refractivity contribution in [1.29, 1.82) is 0 Å². The lowest BCUT2D eigenvalue weighted by molar-refractivity contribution is -0.116. The van der Waals surface area contributed by atoms with Gasteiger partial charge in [-0.25, -0.2) is 0 Å². The third kappa shape index (κ3) is 6.39. The van der Waals surface area contributed by atoms with Gasteiger partial charge < -0.3 is 16.0 Å². The van der Waals surface area contributed by atoms with Gasteiger partial charge in [0, 0.05) is 26.1 Å². The molecule has 22 heavy (non-hydrogen) atoms. The first kappa shape index (κ1) is 19.0. The van der Waals surface area contributed by atoms with Crippen molar-refractivity contribution in [2.45, 2.75) is 32.2 Å². The van der Waals surface area contributed by atoms with E-state index in [0.717, 1.165) is 11.5 Å². The zero-order valence-corrected chi connectivity index (χ0v) is 15.9. The first-order valence-electron chi connectivity index (χ1n) is 7.11. The third-order valence-corrected chi connectivity index (χ3v) is 3.50. The number of amides is 1. The van der Waals surface area contributed by atoms with E-state index in [9.17, 15) is 4.79 Å². The van der Waals surface area contributed by atoms with Crippen LogP contribution in [0.2, 0.25) is 5.02 Å². The van der Waals surface area contributed by atoms with Crippen LogP contribution in [0.4, 0.5) is 5.69 Å². The number of hydrogen-bond donors (Lipinski definition) is 3. The van der Waals surface area contributed by atoms with Crippen LogP contribution in [0.5, 0.6) is 0 Å². The fourth-order valence-electron chi connectivity index (χ4n) is 1.84. The first-order chi connectivity index (χ1) is 10.1. The van der Waals surface area contributed by atoms with Crippen LogP contribution >= 0.6 is 35.6 Å². The van der Waals surface area contributed by atoms with Gasteiger partial charge in [-0.2, -0.15) is 0 Å². The van der Waals surface area contributed by atoms with E-state index in [1.165, 1.54) is 12.8 Å². The van der Waals surface area contributed by atoms with E-state index < -0.39 is 0 Å². The van der Waals surface area contributed by atoms with Crippen LogP contribution in [0, 0.1) is 6.92 Å². The summed E-state index contributed by atoms with van der Waals surface area (Å²) < 4.78 is 0. The summed E-state index contributed by atoms with van der Waals surface area (Å²) in [6, 6.07) is 6.10. The molecule has 0 aliphatic heterocycles. The molecule has 2 rings (SSSR count). The molecule has 0 spiro atoms.